The number of amides is 1. The molecule has 6 heteroatoms. The van der Waals surface area contributed by atoms with Crippen LogP contribution in [-0.4, -0.2) is 21.1 Å². The quantitative estimate of drug-likeness (QED) is 0.789. The lowest BCUT2D eigenvalue weighted by Gasteiger charge is -2.13. The van der Waals surface area contributed by atoms with Gasteiger partial charge in [-0.25, -0.2) is 0 Å². The van der Waals surface area contributed by atoms with E-state index in [2.05, 4.69) is 20.5 Å². The predicted molar refractivity (Wildman–Crippen MR) is 75.1 cm³/mol. The number of pyridine rings is 1. The molecule has 0 aromatic carbocycles. The first-order chi connectivity index (χ1) is 9.66. The number of aromatic nitrogens is 3. The fraction of sp³-hybridized carbons (Fsp3) is 0.357. The highest BCUT2D eigenvalue weighted by molar-refractivity contribution is 5.98. The minimum absolute atomic E-state index is 0.142. The smallest absolute Gasteiger partial charge is 0.274 e. The number of nitrogens with one attached hydrogen (secondary N) is 2. The molecule has 1 amide bonds. The Morgan fingerprint density at radius 3 is 3.00 bits per heavy atom. The third kappa shape index (κ3) is 2.36. The average molecular weight is 271 g/mol. The summed E-state index contributed by atoms with van der Waals surface area (Å²) in [5.74, 6) is 0.182. The van der Waals surface area contributed by atoms with Crippen molar-refractivity contribution in [2.45, 2.75) is 31.7 Å². The van der Waals surface area contributed by atoms with E-state index < -0.39 is 0 Å². The Balaban J connectivity index is 1.73. The molecular weight excluding hydrogens is 254 g/mol. The lowest BCUT2D eigenvalue weighted by atomic mass is 10.1. The summed E-state index contributed by atoms with van der Waals surface area (Å²) in [6, 6.07) is 3.62. The van der Waals surface area contributed by atoms with Gasteiger partial charge in [-0.1, -0.05) is 6.07 Å². The largest absolute Gasteiger partial charge is 0.395 e. The summed E-state index contributed by atoms with van der Waals surface area (Å²) in [6.07, 6.45) is 5.65. The molecule has 6 nitrogen and oxygen atoms in total. The Kier molecular flexibility index (Phi) is 3.14. The number of carbonyl (C=O) groups excluding carboxylic acids is 1. The van der Waals surface area contributed by atoms with Gasteiger partial charge in [-0.2, -0.15) is 5.10 Å². The topological polar surface area (TPSA) is 96.7 Å². The van der Waals surface area contributed by atoms with E-state index >= 15 is 0 Å². The Morgan fingerprint density at radius 1 is 1.55 bits per heavy atom. The van der Waals surface area contributed by atoms with Gasteiger partial charge < -0.3 is 11.1 Å². The average Bonchev–Trinajstić information content (AvgIpc) is 3.22. The van der Waals surface area contributed by atoms with Gasteiger partial charge in [0.15, 0.2) is 5.69 Å². The number of H-pyrrole nitrogens is 1. The van der Waals surface area contributed by atoms with Crippen LogP contribution in [0.4, 0.5) is 5.69 Å². The third-order valence-corrected chi connectivity index (χ3v) is 3.57. The zero-order valence-electron chi connectivity index (χ0n) is 11.3. The van der Waals surface area contributed by atoms with Crippen molar-refractivity contribution in [2.75, 3.05) is 5.73 Å². The van der Waals surface area contributed by atoms with Gasteiger partial charge in [0.1, 0.15) is 0 Å². The summed E-state index contributed by atoms with van der Waals surface area (Å²) in [5, 5.41) is 9.81. The van der Waals surface area contributed by atoms with Crippen LogP contribution in [0.3, 0.4) is 0 Å². The van der Waals surface area contributed by atoms with Gasteiger partial charge in [0.25, 0.3) is 5.91 Å². The van der Waals surface area contributed by atoms with Crippen molar-refractivity contribution < 1.29 is 4.79 Å². The zero-order valence-corrected chi connectivity index (χ0v) is 11.3. The van der Waals surface area contributed by atoms with Gasteiger partial charge in [0.2, 0.25) is 0 Å². The monoisotopic (exact) mass is 271 g/mol. The number of nitrogens with two attached hydrogens (primary N) is 1. The van der Waals surface area contributed by atoms with E-state index in [-0.39, 0.29) is 17.6 Å². The Morgan fingerprint density at radius 2 is 2.35 bits per heavy atom. The molecule has 1 saturated carbocycles. The molecule has 2 heterocycles. The van der Waals surface area contributed by atoms with E-state index in [0.29, 0.717) is 11.6 Å². The molecule has 0 bridgehead atoms. The van der Waals surface area contributed by atoms with Crippen LogP contribution in [0, 0.1) is 0 Å². The van der Waals surface area contributed by atoms with Crippen LogP contribution in [0.2, 0.25) is 0 Å². The Bertz CT molecular complexity index is 618. The summed E-state index contributed by atoms with van der Waals surface area (Å²) < 4.78 is 0. The number of aromatic amines is 1. The van der Waals surface area contributed by atoms with Crippen LogP contribution in [0.25, 0.3) is 0 Å². The molecule has 3 rings (SSSR count). The highest BCUT2D eigenvalue weighted by atomic mass is 16.2. The first-order valence-electron chi connectivity index (χ1n) is 6.71. The number of nitrogen functional groups attached to an aromatic ring is 1. The molecule has 4 N–H and O–H groups in total. The van der Waals surface area contributed by atoms with E-state index in [1.54, 1.807) is 12.4 Å². The first-order valence-corrected chi connectivity index (χ1v) is 6.71. The van der Waals surface area contributed by atoms with Gasteiger partial charge in [-0.15, -0.1) is 0 Å². The van der Waals surface area contributed by atoms with Gasteiger partial charge >= 0.3 is 0 Å². The Labute approximate surface area is 116 Å². The fourth-order valence-electron chi connectivity index (χ4n) is 2.20. The molecule has 1 unspecified atom stereocenters. The Hall–Kier alpha value is -2.37. The number of anilines is 1. The van der Waals surface area contributed by atoms with Gasteiger partial charge in [-0.3, -0.25) is 14.9 Å². The van der Waals surface area contributed by atoms with Crippen molar-refractivity contribution in [1.82, 2.24) is 20.5 Å². The minimum Gasteiger partial charge on any atom is -0.395 e. The lowest BCUT2D eigenvalue weighted by Crippen LogP contribution is -2.27. The minimum atomic E-state index is -0.262. The van der Waals surface area contributed by atoms with Crippen molar-refractivity contribution in [3.05, 3.63) is 41.5 Å². The summed E-state index contributed by atoms with van der Waals surface area (Å²) in [7, 11) is 0. The van der Waals surface area contributed by atoms with Crippen molar-refractivity contribution in [3.63, 3.8) is 0 Å². The molecule has 0 radical (unpaired) electrons. The fourth-order valence-corrected chi connectivity index (χ4v) is 2.20. The van der Waals surface area contributed by atoms with Crippen molar-refractivity contribution in [2.24, 2.45) is 0 Å². The number of rotatable bonds is 4. The second-order valence-corrected chi connectivity index (χ2v) is 5.16. The number of hydrogen-bond donors (Lipinski definition) is 3. The number of carbonyl (C=O) groups is 1. The van der Waals surface area contributed by atoms with Crippen LogP contribution >= 0.6 is 0 Å². The molecule has 1 fully saturated rings. The molecule has 1 aliphatic rings. The number of hydrogen-bond acceptors (Lipinski definition) is 4. The molecule has 0 aliphatic heterocycles. The molecule has 20 heavy (non-hydrogen) atoms. The van der Waals surface area contributed by atoms with E-state index in [1.165, 1.54) is 0 Å². The number of nitrogens with zero attached hydrogens (tertiary/aromatic N) is 2. The predicted octanol–water partition coefficient (Wildman–Crippen LogP) is 1.76. The van der Waals surface area contributed by atoms with Gasteiger partial charge in [-0.05, 0) is 31.4 Å². The normalized spacial score (nSPS) is 15.8. The maximum atomic E-state index is 12.2. The van der Waals surface area contributed by atoms with Crippen LogP contribution in [0.5, 0.6) is 0 Å². The lowest BCUT2D eigenvalue weighted by molar-refractivity contribution is 0.0935. The molecule has 1 aliphatic carbocycles. The van der Waals surface area contributed by atoms with Crippen molar-refractivity contribution >= 4 is 11.6 Å². The van der Waals surface area contributed by atoms with Crippen molar-refractivity contribution in [3.8, 4) is 0 Å². The molecule has 104 valence electrons. The third-order valence-electron chi connectivity index (χ3n) is 3.57. The maximum Gasteiger partial charge on any atom is 0.274 e. The first kappa shape index (κ1) is 12.7. The molecule has 2 aromatic heterocycles. The van der Waals surface area contributed by atoms with E-state index in [4.69, 9.17) is 5.73 Å². The van der Waals surface area contributed by atoms with Gasteiger partial charge in [0, 0.05) is 18.3 Å². The van der Waals surface area contributed by atoms with Crippen LogP contribution in [0.15, 0.2) is 24.5 Å². The SMILES string of the molecule is CC(NC(=O)c1n[nH]c(C2CC2)c1N)c1cccnc1. The van der Waals surface area contributed by atoms with Crippen molar-refractivity contribution in [1.29, 1.82) is 0 Å². The summed E-state index contributed by atoms with van der Waals surface area (Å²) >= 11 is 0. The summed E-state index contributed by atoms with van der Waals surface area (Å²) in [5.41, 5.74) is 8.58. The van der Waals surface area contributed by atoms with E-state index in [1.807, 2.05) is 19.1 Å². The van der Waals surface area contributed by atoms with E-state index in [9.17, 15) is 4.79 Å². The maximum absolute atomic E-state index is 12.2. The zero-order chi connectivity index (χ0) is 14.1. The van der Waals surface area contributed by atoms with E-state index in [0.717, 1.165) is 24.1 Å². The molecular formula is C14H17N5O. The summed E-state index contributed by atoms with van der Waals surface area (Å²) in [4.78, 5) is 16.3. The molecule has 0 saturated heterocycles. The highest BCUT2D eigenvalue weighted by Gasteiger charge is 2.30. The van der Waals surface area contributed by atoms with Gasteiger partial charge in [0.05, 0.1) is 17.4 Å². The summed E-state index contributed by atoms with van der Waals surface area (Å²) in [6.45, 7) is 1.90. The second kappa shape index (κ2) is 4.96. The van der Waals surface area contributed by atoms with Crippen LogP contribution < -0.4 is 11.1 Å². The molecule has 0 spiro atoms. The molecule has 2 aromatic rings. The molecule has 1 atom stereocenters. The highest BCUT2D eigenvalue weighted by Crippen LogP contribution is 2.42. The standard InChI is InChI=1S/C14H17N5O/c1-8(10-3-2-6-16-7-10)17-14(20)13-11(15)12(18-19-13)9-4-5-9/h2-3,6-9H,4-5,15H2,1H3,(H,17,20)(H,18,19). The second-order valence-electron chi connectivity index (χ2n) is 5.16. The van der Waals surface area contributed by atoms with Crippen LogP contribution in [0.1, 0.15) is 53.5 Å². The van der Waals surface area contributed by atoms with Crippen LogP contribution in [-0.2, 0) is 0 Å².